The van der Waals surface area contributed by atoms with Crippen LogP contribution < -0.4 is 0 Å². The summed E-state index contributed by atoms with van der Waals surface area (Å²) in [7, 11) is 0. The Morgan fingerprint density at radius 1 is 0.130 bits per heavy atom. The largest absolute Gasteiger partial charge is 0.455 e. The zero-order valence-corrected chi connectivity index (χ0v) is 65.8. The van der Waals surface area contributed by atoms with Crippen LogP contribution in [0.1, 0.15) is 0 Å². The second-order valence-corrected chi connectivity index (χ2v) is 31.1. The standard InChI is InChI=1S/C111H65N9O3/c1-6-22-66(23-7-1)71-32-20-34-79(58-71)105-114-106(80-35-21-33-72(59-80)67-24-8-2-9-25-67)116-107(115-105)81-46-51-87-75(60-81)44-56-94-91-54-42-78(65-99(91)123-102(87)94)85-49-40-73(68-26-10-3-11-27-68)63-96(85)111-118-104(70-30-14-5-15-31-70)113-109(120-111)83-48-52-88-76(62-83)45-57-93-90-53-41-77(64-98(90)122-101(88)93)84-36-16-17-38-95(84)110-117-103(69-28-12-4-13-29-69)112-108(119-110)82-47-50-86-74(61-82)43-55-92-89-37-18-19-39-97(89)121-100(86)92/h1-65H. The Balaban J connectivity index is 0.578. The maximum Gasteiger partial charge on any atom is 0.164 e. The van der Waals surface area contributed by atoms with E-state index < -0.39 is 0 Å². The Morgan fingerprint density at radius 2 is 0.407 bits per heavy atom. The van der Waals surface area contributed by atoms with E-state index in [0.29, 0.717) is 52.4 Å². The first-order valence-corrected chi connectivity index (χ1v) is 41.0. The van der Waals surface area contributed by atoms with Crippen LogP contribution in [0.2, 0.25) is 0 Å². The first kappa shape index (κ1) is 70.4. The molecule has 0 spiro atoms. The molecule has 0 bridgehead atoms. The zero-order valence-electron chi connectivity index (χ0n) is 65.8. The minimum atomic E-state index is 0.519. The Kier molecular flexibility index (Phi) is 16.6. The van der Waals surface area contributed by atoms with E-state index in [2.05, 4.69) is 291 Å². The first-order chi connectivity index (χ1) is 60.9. The zero-order chi connectivity index (χ0) is 81.0. The van der Waals surface area contributed by atoms with E-state index in [1.165, 1.54) is 0 Å². The molecule has 0 aliphatic carbocycles. The van der Waals surface area contributed by atoms with Gasteiger partial charge < -0.3 is 13.3 Å². The molecule has 572 valence electrons. The molecular weight excluding hydrogens is 1510 g/mol. The number of benzene rings is 18. The van der Waals surface area contributed by atoms with Gasteiger partial charge in [0.15, 0.2) is 52.4 Å². The number of hydrogen-bond acceptors (Lipinski definition) is 12. The van der Waals surface area contributed by atoms with Gasteiger partial charge in [0.1, 0.15) is 33.5 Å². The van der Waals surface area contributed by atoms with Gasteiger partial charge in [-0.25, -0.2) is 44.9 Å². The summed E-state index contributed by atoms with van der Waals surface area (Å²) in [5, 5.41) is 12.1. The average Bonchev–Trinajstić information content (AvgIpc) is 1.65. The molecule has 0 saturated heterocycles. The van der Waals surface area contributed by atoms with E-state index in [-0.39, 0.29) is 0 Å². The molecule has 0 aliphatic heterocycles. The van der Waals surface area contributed by atoms with Crippen LogP contribution in [0, 0.1) is 0 Å². The summed E-state index contributed by atoms with van der Waals surface area (Å²) in [6.07, 6.45) is 0. The van der Waals surface area contributed by atoms with E-state index >= 15 is 0 Å². The van der Waals surface area contributed by atoms with Crippen LogP contribution in [0.3, 0.4) is 0 Å². The van der Waals surface area contributed by atoms with Crippen molar-refractivity contribution < 1.29 is 13.3 Å². The summed E-state index contributed by atoms with van der Waals surface area (Å²) in [6, 6.07) is 136. The summed E-state index contributed by atoms with van der Waals surface area (Å²) in [5.41, 5.74) is 22.7. The molecule has 24 rings (SSSR count). The molecule has 0 radical (unpaired) electrons. The normalized spacial score (nSPS) is 11.7. The Bertz CT molecular complexity index is 8280. The predicted octanol–water partition coefficient (Wildman–Crippen LogP) is 28.7. The summed E-state index contributed by atoms with van der Waals surface area (Å²) < 4.78 is 20.6. The molecule has 123 heavy (non-hydrogen) atoms. The summed E-state index contributed by atoms with van der Waals surface area (Å²) in [5.74, 6) is 4.99. The number of rotatable bonds is 14. The monoisotopic (exact) mass is 1570 g/mol. The van der Waals surface area contributed by atoms with Crippen LogP contribution in [0.4, 0.5) is 0 Å². The van der Waals surface area contributed by atoms with Gasteiger partial charge in [-0.3, -0.25) is 0 Å². The van der Waals surface area contributed by atoms with Crippen LogP contribution in [0.25, 0.3) is 256 Å². The van der Waals surface area contributed by atoms with E-state index in [9.17, 15) is 0 Å². The van der Waals surface area contributed by atoms with E-state index in [0.717, 1.165) is 204 Å². The fourth-order valence-corrected chi connectivity index (χ4v) is 17.5. The van der Waals surface area contributed by atoms with Crippen molar-refractivity contribution in [2.75, 3.05) is 0 Å². The van der Waals surface area contributed by atoms with E-state index in [1.54, 1.807) is 0 Å². The summed E-state index contributed by atoms with van der Waals surface area (Å²) >= 11 is 0. The second-order valence-electron chi connectivity index (χ2n) is 31.1. The first-order valence-electron chi connectivity index (χ1n) is 41.0. The number of fused-ring (bicyclic) bond motifs is 15. The lowest BCUT2D eigenvalue weighted by atomic mass is 9.93. The molecule has 0 N–H and O–H groups in total. The molecule has 12 nitrogen and oxygen atoms in total. The third-order valence-corrected chi connectivity index (χ3v) is 23.6. The third kappa shape index (κ3) is 12.6. The molecule has 0 fully saturated rings. The van der Waals surface area contributed by atoms with Gasteiger partial charge >= 0.3 is 0 Å². The second kappa shape index (κ2) is 29.1. The van der Waals surface area contributed by atoms with Crippen molar-refractivity contribution in [2.45, 2.75) is 0 Å². The smallest absolute Gasteiger partial charge is 0.164 e. The van der Waals surface area contributed by atoms with E-state index in [4.69, 9.17) is 58.1 Å². The SMILES string of the molecule is c1ccc(-c2cccc(-c3nc(-c4cccc(-c5ccccc5)c4)nc(-c4ccc5c(ccc6c7ccc(-c8ccc(-c9ccccc9)cc8-c8nc(-c9ccccc9)nc(-c9ccc%10c(ccc%11c%12ccc(-c%13ccccc%13-c%13nc(-c%14ccccc%14)nc(-c%14ccc%15c(ccc%16c%17ccccc%17oc%15%16)c%14)n%13)cc%12oc%10%11)c9)n8)cc7oc56)c4)n3)c2)cc1. The van der Waals surface area contributed by atoms with Gasteiger partial charge in [0.2, 0.25) is 0 Å². The molecule has 0 unspecified atom stereocenters. The van der Waals surface area contributed by atoms with Gasteiger partial charge in [0.25, 0.3) is 0 Å². The summed E-state index contributed by atoms with van der Waals surface area (Å²) in [4.78, 5) is 47.5. The van der Waals surface area contributed by atoms with Gasteiger partial charge in [0.05, 0.1) is 0 Å². The minimum Gasteiger partial charge on any atom is -0.455 e. The molecule has 6 aromatic heterocycles. The van der Waals surface area contributed by atoms with Crippen molar-refractivity contribution in [3.05, 3.63) is 394 Å². The van der Waals surface area contributed by atoms with Crippen molar-refractivity contribution in [1.82, 2.24) is 44.9 Å². The highest BCUT2D eigenvalue weighted by Gasteiger charge is 2.25. The number of furan rings is 3. The highest BCUT2D eigenvalue weighted by atomic mass is 16.3. The van der Waals surface area contributed by atoms with E-state index in [1.807, 2.05) is 103 Å². The maximum atomic E-state index is 7.09. The van der Waals surface area contributed by atoms with Crippen LogP contribution in [0.5, 0.6) is 0 Å². The molecule has 0 atom stereocenters. The van der Waals surface area contributed by atoms with Gasteiger partial charge in [-0.05, 0) is 175 Å². The predicted molar refractivity (Wildman–Crippen MR) is 497 cm³/mol. The van der Waals surface area contributed by atoms with Crippen molar-refractivity contribution >= 4 is 98.1 Å². The topological polar surface area (TPSA) is 155 Å². The molecular formula is C111H65N9O3. The average molecular weight is 1570 g/mol. The van der Waals surface area contributed by atoms with Gasteiger partial charge in [-0.1, -0.05) is 291 Å². The maximum absolute atomic E-state index is 7.09. The van der Waals surface area contributed by atoms with Crippen LogP contribution in [0.15, 0.2) is 408 Å². The van der Waals surface area contributed by atoms with Gasteiger partial charge in [-0.2, -0.15) is 0 Å². The van der Waals surface area contributed by atoms with Crippen molar-refractivity contribution in [1.29, 1.82) is 0 Å². The van der Waals surface area contributed by atoms with Gasteiger partial charge in [-0.15, -0.1) is 0 Å². The van der Waals surface area contributed by atoms with Crippen molar-refractivity contribution in [3.63, 3.8) is 0 Å². The highest BCUT2D eigenvalue weighted by Crippen LogP contribution is 2.45. The fraction of sp³-hybridized carbons (Fsp3) is 0. The lowest BCUT2D eigenvalue weighted by Gasteiger charge is -2.14. The highest BCUT2D eigenvalue weighted by molar-refractivity contribution is 6.19. The number of aromatic nitrogens is 9. The minimum absolute atomic E-state index is 0.519. The van der Waals surface area contributed by atoms with Crippen LogP contribution >= 0.6 is 0 Å². The molecule has 0 amide bonds. The number of hydrogen-bond donors (Lipinski definition) is 0. The third-order valence-electron chi connectivity index (χ3n) is 23.6. The lowest BCUT2D eigenvalue weighted by molar-refractivity contribution is 0.672. The van der Waals surface area contributed by atoms with Crippen LogP contribution in [-0.4, -0.2) is 44.9 Å². The van der Waals surface area contributed by atoms with Crippen LogP contribution in [-0.2, 0) is 0 Å². The van der Waals surface area contributed by atoms with Crippen molar-refractivity contribution in [3.8, 4) is 158 Å². The van der Waals surface area contributed by atoms with Gasteiger partial charge in [0, 0.05) is 98.5 Å². The Morgan fingerprint density at radius 3 is 0.837 bits per heavy atom. The molecule has 0 aliphatic rings. The summed E-state index contributed by atoms with van der Waals surface area (Å²) in [6.45, 7) is 0. The fourth-order valence-electron chi connectivity index (χ4n) is 17.5. The Labute approximate surface area is 704 Å². The lowest BCUT2D eigenvalue weighted by Crippen LogP contribution is -2.01. The number of nitrogens with zero attached hydrogens (tertiary/aromatic N) is 9. The molecule has 0 saturated carbocycles. The molecule has 6 heterocycles. The Hall–Kier alpha value is -16.8. The number of para-hydroxylation sites is 1. The molecule has 24 aromatic rings. The quantitative estimate of drug-likeness (QED) is 0.102. The van der Waals surface area contributed by atoms with Crippen molar-refractivity contribution in [2.24, 2.45) is 0 Å². The molecule has 12 heteroatoms. The molecule has 18 aromatic carbocycles.